The minimum absolute atomic E-state index is 0.0896. The second-order valence-corrected chi connectivity index (χ2v) is 8.69. The summed E-state index contributed by atoms with van der Waals surface area (Å²) in [5, 5.41) is 27.3. The number of hydrogen-bond acceptors (Lipinski definition) is 6. The first-order valence-corrected chi connectivity index (χ1v) is 11.8. The Balaban J connectivity index is 1.70. The molecule has 9 nitrogen and oxygen atoms in total. The number of halogens is 4. The van der Waals surface area contributed by atoms with Crippen LogP contribution in [-0.4, -0.2) is 49.5 Å². The third kappa shape index (κ3) is 6.33. The number of nitrogens with one attached hydrogen (secondary N) is 2. The molecule has 1 unspecified atom stereocenters. The highest BCUT2D eigenvalue weighted by Gasteiger charge is 2.36. The zero-order valence-electron chi connectivity index (χ0n) is 20.9. The Labute approximate surface area is 225 Å². The van der Waals surface area contributed by atoms with E-state index in [1.165, 1.54) is 36.1 Å². The first-order chi connectivity index (χ1) is 19.0. The average molecular weight is 558 g/mol. The zero-order valence-corrected chi connectivity index (χ0v) is 20.9. The lowest BCUT2D eigenvalue weighted by Crippen LogP contribution is -2.36. The summed E-state index contributed by atoms with van der Waals surface area (Å²) in [6.07, 6.45) is -5.09. The van der Waals surface area contributed by atoms with Gasteiger partial charge in [-0.3, -0.25) is 14.3 Å². The van der Waals surface area contributed by atoms with Crippen molar-refractivity contribution in [2.24, 2.45) is 7.05 Å². The molecule has 0 bridgehead atoms. The molecule has 2 aromatic heterocycles. The van der Waals surface area contributed by atoms with Crippen LogP contribution in [0.1, 0.15) is 21.6 Å². The molecule has 4 rings (SSSR count). The molecular formula is C27H23F4N5O4. The molecule has 4 aromatic rings. The highest BCUT2D eigenvalue weighted by atomic mass is 19.4. The van der Waals surface area contributed by atoms with Crippen LogP contribution in [0, 0.1) is 5.82 Å². The summed E-state index contributed by atoms with van der Waals surface area (Å²) in [4.78, 5) is 29.4. The summed E-state index contributed by atoms with van der Waals surface area (Å²) in [6.45, 7) is -0.882. The van der Waals surface area contributed by atoms with E-state index in [4.69, 9.17) is 5.11 Å². The number of amides is 2. The Morgan fingerprint density at radius 3 is 2.42 bits per heavy atom. The van der Waals surface area contributed by atoms with Gasteiger partial charge >= 0.3 is 6.18 Å². The van der Waals surface area contributed by atoms with Gasteiger partial charge in [-0.05, 0) is 30.3 Å². The minimum Gasteiger partial charge on any atom is -0.393 e. The number of carbonyl (C=O) groups excluding carboxylic acids is 2. The van der Waals surface area contributed by atoms with E-state index in [1.807, 2.05) is 0 Å². The van der Waals surface area contributed by atoms with Crippen molar-refractivity contribution in [2.75, 3.05) is 11.9 Å². The van der Waals surface area contributed by atoms with Crippen LogP contribution in [0.25, 0.3) is 22.5 Å². The Morgan fingerprint density at radius 2 is 1.80 bits per heavy atom. The van der Waals surface area contributed by atoms with Crippen molar-refractivity contribution in [3.63, 3.8) is 0 Å². The van der Waals surface area contributed by atoms with Crippen LogP contribution in [0.5, 0.6) is 0 Å². The second kappa shape index (κ2) is 11.6. The summed E-state index contributed by atoms with van der Waals surface area (Å²) in [5.74, 6) is -3.21. The third-order valence-corrected chi connectivity index (χ3v) is 5.81. The lowest BCUT2D eigenvalue weighted by molar-refractivity contribution is -0.137. The number of aliphatic hydroxyl groups is 2. The van der Waals surface area contributed by atoms with E-state index in [-0.39, 0.29) is 29.7 Å². The van der Waals surface area contributed by atoms with E-state index < -0.39 is 53.2 Å². The topological polar surface area (TPSA) is 129 Å². The van der Waals surface area contributed by atoms with Crippen LogP contribution in [0.15, 0.2) is 66.9 Å². The Kier molecular flexibility index (Phi) is 8.26. The maximum absolute atomic E-state index is 14.9. The first-order valence-electron chi connectivity index (χ1n) is 11.8. The molecule has 13 heteroatoms. The third-order valence-electron chi connectivity index (χ3n) is 5.81. The van der Waals surface area contributed by atoms with Crippen molar-refractivity contribution in [3.8, 4) is 22.5 Å². The number of benzene rings is 2. The van der Waals surface area contributed by atoms with Crippen molar-refractivity contribution in [1.29, 1.82) is 0 Å². The lowest BCUT2D eigenvalue weighted by Gasteiger charge is -2.16. The van der Waals surface area contributed by atoms with E-state index in [0.29, 0.717) is 11.3 Å². The fraction of sp³-hybridized carbons (Fsp3) is 0.185. The van der Waals surface area contributed by atoms with Gasteiger partial charge < -0.3 is 20.8 Å². The highest BCUT2D eigenvalue weighted by molar-refractivity contribution is 6.07. The lowest BCUT2D eigenvalue weighted by atomic mass is 9.99. The number of aromatic nitrogens is 3. The molecule has 0 fully saturated rings. The quantitative estimate of drug-likeness (QED) is 0.246. The van der Waals surface area contributed by atoms with E-state index in [9.17, 15) is 32.3 Å². The van der Waals surface area contributed by atoms with Gasteiger partial charge in [0.2, 0.25) is 0 Å². The fourth-order valence-corrected chi connectivity index (χ4v) is 3.84. The molecule has 0 saturated carbocycles. The van der Waals surface area contributed by atoms with Gasteiger partial charge in [-0.25, -0.2) is 9.37 Å². The normalized spacial score (nSPS) is 12.2. The maximum atomic E-state index is 14.9. The van der Waals surface area contributed by atoms with Gasteiger partial charge in [0.15, 0.2) is 6.10 Å². The summed E-state index contributed by atoms with van der Waals surface area (Å²) < 4.78 is 57.3. The molecule has 40 heavy (non-hydrogen) atoms. The van der Waals surface area contributed by atoms with Crippen molar-refractivity contribution >= 4 is 17.5 Å². The van der Waals surface area contributed by atoms with Gasteiger partial charge in [0.05, 0.1) is 47.0 Å². The minimum atomic E-state index is -4.90. The van der Waals surface area contributed by atoms with Crippen LogP contribution in [0.3, 0.4) is 0 Å². The summed E-state index contributed by atoms with van der Waals surface area (Å²) in [6, 6.07) is 13.8. The molecule has 0 spiro atoms. The summed E-state index contributed by atoms with van der Waals surface area (Å²) in [7, 11) is 1.51. The van der Waals surface area contributed by atoms with Gasteiger partial charge in [-0.15, -0.1) is 0 Å². The van der Waals surface area contributed by atoms with Gasteiger partial charge in [-0.1, -0.05) is 30.3 Å². The van der Waals surface area contributed by atoms with Crippen molar-refractivity contribution < 1.29 is 37.4 Å². The number of hydrogen-bond donors (Lipinski definition) is 4. The molecule has 208 valence electrons. The molecular weight excluding hydrogens is 534 g/mol. The SMILES string of the molecule is Cn1ccc(-c2cc(C(=O)Nc3ccc(CNC(=O)C(O)CO)nc3-c3ccccc3)c(F)cc2C(F)(F)F)n1. The highest BCUT2D eigenvalue weighted by Crippen LogP contribution is 2.38. The fourth-order valence-electron chi connectivity index (χ4n) is 3.84. The molecule has 0 saturated heterocycles. The largest absolute Gasteiger partial charge is 0.417 e. The van der Waals surface area contributed by atoms with Crippen LogP contribution in [0.4, 0.5) is 23.2 Å². The van der Waals surface area contributed by atoms with Crippen LogP contribution in [-0.2, 0) is 24.6 Å². The number of aliphatic hydroxyl groups excluding tert-OH is 2. The Hall–Kier alpha value is -4.62. The number of aryl methyl sites for hydroxylation is 1. The number of anilines is 1. The molecule has 2 aromatic carbocycles. The van der Waals surface area contributed by atoms with Gasteiger partial charge in [-0.2, -0.15) is 18.3 Å². The molecule has 2 heterocycles. The van der Waals surface area contributed by atoms with Crippen molar-refractivity contribution in [2.45, 2.75) is 18.8 Å². The first kappa shape index (κ1) is 28.4. The number of pyridine rings is 1. The van der Waals surface area contributed by atoms with Crippen LogP contribution in [0.2, 0.25) is 0 Å². The molecule has 4 N–H and O–H groups in total. The molecule has 1 atom stereocenters. The zero-order chi connectivity index (χ0) is 29.0. The molecule has 0 aliphatic heterocycles. The van der Waals surface area contributed by atoms with E-state index >= 15 is 0 Å². The van der Waals surface area contributed by atoms with Gasteiger partial charge in [0, 0.05) is 24.4 Å². The average Bonchev–Trinajstić information content (AvgIpc) is 3.37. The van der Waals surface area contributed by atoms with Crippen molar-refractivity contribution in [3.05, 3.63) is 89.5 Å². The molecule has 0 radical (unpaired) electrons. The number of nitrogens with zero attached hydrogens (tertiary/aromatic N) is 3. The predicted molar refractivity (Wildman–Crippen MR) is 136 cm³/mol. The molecule has 0 aliphatic carbocycles. The standard InChI is InChI=1S/C27H23F4N5O4/c1-36-10-9-21(35-36)17-11-18(20(28)12-19(17)27(29,30)31)25(39)34-22-8-7-16(13-32-26(40)23(38)14-37)33-24(22)15-5-3-2-4-6-15/h2-12,23,37-38H,13-14H2,1H3,(H,32,40)(H,34,39). The van der Waals surface area contributed by atoms with Crippen LogP contribution < -0.4 is 10.6 Å². The number of carbonyl (C=O) groups is 2. The second-order valence-electron chi connectivity index (χ2n) is 8.69. The monoisotopic (exact) mass is 557 g/mol. The van der Waals surface area contributed by atoms with Gasteiger partial charge in [0.1, 0.15) is 5.82 Å². The number of rotatable bonds is 8. The molecule has 0 aliphatic rings. The van der Waals surface area contributed by atoms with E-state index in [2.05, 4.69) is 20.7 Å². The van der Waals surface area contributed by atoms with E-state index in [0.717, 1.165) is 6.07 Å². The van der Waals surface area contributed by atoms with E-state index in [1.54, 1.807) is 30.3 Å². The predicted octanol–water partition coefficient (Wildman–Crippen LogP) is 3.53. The van der Waals surface area contributed by atoms with Gasteiger partial charge in [0.25, 0.3) is 11.8 Å². The number of alkyl halides is 3. The summed E-state index contributed by atoms with van der Waals surface area (Å²) in [5.41, 5.74) is -1.23. The van der Waals surface area contributed by atoms with Crippen molar-refractivity contribution in [1.82, 2.24) is 20.1 Å². The molecule has 2 amide bonds. The smallest absolute Gasteiger partial charge is 0.393 e. The van der Waals surface area contributed by atoms with Crippen LogP contribution >= 0.6 is 0 Å². The summed E-state index contributed by atoms with van der Waals surface area (Å²) >= 11 is 0. The Morgan fingerprint density at radius 1 is 1.07 bits per heavy atom. The Bertz CT molecular complexity index is 1540. The maximum Gasteiger partial charge on any atom is 0.417 e.